The van der Waals surface area contributed by atoms with Gasteiger partial charge in [0.2, 0.25) is 11.8 Å². The monoisotopic (exact) mass is 510 g/mol. The number of primary amides is 1. The number of nitrogens with zero attached hydrogens (tertiary/aromatic N) is 1. The van der Waals surface area contributed by atoms with E-state index in [1.165, 1.54) is 18.9 Å². The van der Waals surface area contributed by atoms with E-state index >= 15 is 0 Å². The average Bonchev–Trinajstić information content (AvgIpc) is 3.25. The van der Waals surface area contributed by atoms with Crippen molar-refractivity contribution in [3.05, 3.63) is 59.7 Å². The molecule has 10 nitrogen and oxygen atoms in total. The highest BCUT2D eigenvalue weighted by Gasteiger charge is 2.40. The number of rotatable bonds is 10. The summed E-state index contributed by atoms with van der Waals surface area (Å²) in [5, 5.41) is 5.35. The summed E-state index contributed by atoms with van der Waals surface area (Å²) in [4.78, 5) is 52.1. The highest BCUT2D eigenvalue weighted by atomic mass is 16.5. The third-order valence-corrected chi connectivity index (χ3v) is 6.15. The molecule has 0 saturated carbocycles. The molecule has 1 aliphatic rings. The Morgan fingerprint density at radius 2 is 1.84 bits per heavy atom. The third-order valence-electron chi connectivity index (χ3n) is 6.15. The first-order valence-corrected chi connectivity index (χ1v) is 12.1. The van der Waals surface area contributed by atoms with Crippen molar-refractivity contribution in [3.8, 4) is 5.75 Å². The smallest absolute Gasteiger partial charge is 0.328 e. The van der Waals surface area contributed by atoms with Crippen LogP contribution in [-0.2, 0) is 25.5 Å². The molecule has 2 aromatic carbocycles. The van der Waals surface area contributed by atoms with E-state index in [9.17, 15) is 19.2 Å². The van der Waals surface area contributed by atoms with Crippen molar-refractivity contribution in [2.45, 2.75) is 51.7 Å². The maximum atomic E-state index is 13.8. The fourth-order valence-electron chi connectivity index (χ4n) is 4.56. The summed E-state index contributed by atoms with van der Waals surface area (Å²) >= 11 is 0. The van der Waals surface area contributed by atoms with Gasteiger partial charge in [-0.15, -0.1) is 0 Å². The van der Waals surface area contributed by atoms with Gasteiger partial charge < -0.3 is 30.7 Å². The predicted octanol–water partition coefficient (Wildman–Crippen LogP) is 2.77. The molecule has 1 heterocycles. The molecule has 0 saturated heterocycles. The summed E-state index contributed by atoms with van der Waals surface area (Å²) in [5.41, 5.74) is 7.19. The normalized spacial score (nSPS) is 15.6. The molecular formula is C27H34N4O6. The zero-order valence-electron chi connectivity index (χ0n) is 21.5. The van der Waals surface area contributed by atoms with Crippen molar-refractivity contribution in [1.82, 2.24) is 10.2 Å². The summed E-state index contributed by atoms with van der Waals surface area (Å²) in [7, 11) is 1.27. The summed E-state index contributed by atoms with van der Waals surface area (Å²) < 4.78 is 10.7. The second-order valence-corrected chi connectivity index (χ2v) is 9.41. The number of urea groups is 1. The fraction of sp³-hybridized carbons (Fsp3) is 0.407. The summed E-state index contributed by atoms with van der Waals surface area (Å²) in [6, 6.07) is 11.2. The zero-order valence-corrected chi connectivity index (χ0v) is 21.5. The number of ether oxygens (including phenoxy) is 2. The number of hydrogen-bond acceptors (Lipinski definition) is 6. The van der Waals surface area contributed by atoms with Gasteiger partial charge >= 0.3 is 12.0 Å². The molecule has 3 atom stereocenters. The molecule has 198 valence electrons. The lowest BCUT2D eigenvalue weighted by atomic mass is 9.97. The van der Waals surface area contributed by atoms with E-state index < -0.39 is 36.0 Å². The number of amides is 4. The van der Waals surface area contributed by atoms with Crippen LogP contribution in [0.15, 0.2) is 48.5 Å². The van der Waals surface area contributed by atoms with Gasteiger partial charge in [0, 0.05) is 24.6 Å². The lowest BCUT2D eigenvalue weighted by Crippen LogP contribution is -2.55. The average molecular weight is 511 g/mol. The molecular weight excluding hydrogens is 476 g/mol. The molecule has 4 amide bonds. The van der Waals surface area contributed by atoms with Crippen LogP contribution in [0.4, 0.5) is 10.5 Å². The van der Waals surface area contributed by atoms with E-state index in [1.54, 1.807) is 18.2 Å². The lowest BCUT2D eigenvalue weighted by Gasteiger charge is -2.35. The Hall–Kier alpha value is -4.08. The Kier molecular flexibility index (Phi) is 9.10. The minimum absolute atomic E-state index is 0.118. The number of nitrogens with two attached hydrogens (primary N) is 1. The van der Waals surface area contributed by atoms with E-state index in [1.807, 2.05) is 44.2 Å². The van der Waals surface area contributed by atoms with Crippen LogP contribution in [0.1, 0.15) is 44.4 Å². The number of carbonyl (C=O) groups is 4. The van der Waals surface area contributed by atoms with Gasteiger partial charge in [0.15, 0.2) is 0 Å². The van der Waals surface area contributed by atoms with Crippen molar-refractivity contribution in [2.24, 2.45) is 11.7 Å². The number of methoxy groups -OCH3 is 1. The van der Waals surface area contributed by atoms with Gasteiger partial charge in [0.1, 0.15) is 24.4 Å². The molecule has 0 bridgehead atoms. The molecule has 0 aliphatic carbocycles. The molecule has 1 unspecified atom stereocenters. The molecule has 0 spiro atoms. The zero-order chi connectivity index (χ0) is 27.1. The molecule has 0 aromatic heterocycles. The minimum Gasteiger partial charge on any atom is -0.491 e. The molecule has 37 heavy (non-hydrogen) atoms. The van der Waals surface area contributed by atoms with Crippen LogP contribution in [0.25, 0.3) is 0 Å². The first kappa shape index (κ1) is 27.5. The van der Waals surface area contributed by atoms with Gasteiger partial charge in [-0.3, -0.25) is 9.59 Å². The quantitative estimate of drug-likeness (QED) is 0.420. The topological polar surface area (TPSA) is 140 Å². The first-order valence-electron chi connectivity index (χ1n) is 12.1. The summed E-state index contributed by atoms with van der Waals surface area (Å²) in [6.45, 7) is 5.40. The predicted molar refractivity (Wildman–Crippen MR) is 138 cm³/mol. The second kappa shape index (κ2) is 12.2. The van der Waals surface area contributed by atoms with Crippen LogP contribution in [0, 0.1) is 5.92 Å². The number of nitrogens with one attached hydrogen (secondary N) is 2. The van der Waals surface area contributed by atoms with Gasteiger partial charge in [-0.1, -0.05) is 44.2 Å². The number of benzene rings is 2. The van der Waals surface area contributed by atoms with Crippen molar-refractivity contribution in [1.29, 1.82) is 0 Å². The fourth-order valence-corrected chi connectivity index (χ4v) is 4.56. The minimum atomic E-state index is -0.952. The third kappa shape index (κ3) is 6.99. The Bertz CT molecular complexity index is 1140. The Labute approximate surface area is 216 Å². The van der Waals surface area contributed by atoms with Crippen molar-refractivity contribution < 1.29 is 28.7 Å². The molecule has 3 rings (SSSR count). The Balaban J connectivity index is 2.00. The van der Waals surface area contributed by atoms with Gasteiger partial charge in [-0.05, 0) is 36.1 Å². The second-order valence-electron chi connectivity index (χ2n) is 9.41. The number of fused-ring (bicyclic) bond motifs is 1. The van der Waals surface area contributed by atoms with Crippen LogP contribution >= 0.6 is 0 Å². The van der Waals surface area contributed by atoms with Crippen LogP contribution in [0.3, 0.4) is 0 Å². The van der Waals surface area contributed by atoms with Crippen molar-refractivity contribution in [3.63, 3.8) is 0 Å². The van der Waals surface area contributed by atoms with Crippen LogP contribution in [-0.4, -0.2) is 54.5 Å². The number of hydrogen-bond donors (Lipinski definition) is 3. The number of esters is 1. The SMILES string of the molecule is COC(=O)[C@H](CC(C)C)NC(=O)[C@H](Cc1ccccc1)N(C(C)=O)C1COc2ccc(NC(N)=O)cc21. The molecule has 4 N–H and O–H groups in total. The van der Waals surface area contributed by atoms with E-state index in [-0.39, 0.29) is 24.9 Å². The highest BCUT2D eigenvalue weighted by molar-refractivity contribution is 5.91. The van der Waals surface area contributed by atoms with E-state index in [0.29, 0.717) is 23.4 Å². The van der Waals surface area contributed by atoms with Gasteiger partial charge in [-0.2, -0.15) is 0 Å². The molecule has 2 aromatic rings. The number of carbonyl (C=O) groups excluding carboxylic acids is 4. The Morgan fingerprint density at radius 3 is 2.43 bits per heavy atom. The first-order chi connectivity index (χ1) is 17.6. The maximum absolute atomic E-state index is 13.8. The molecule has 10 heteroatoms. The largest absolute Gasteiger partial charge is 0.491 e. The van der Waals surface area contributed by atoms with Crippen LogP contribution < -0.4 is 21.1 Å². The molecule has 0 fully saturated rings. The van der Waals surface area contributed by atoms with Gasteiger partial charge in [-0.25, -0.2) is 9.59 Å². The maximum Gasteiger partial charge on any atom is 0.328 e. The number of anilines is 1. The Morgan fingerprint density at radius 1 is 1.14 bits per heavy atom. The molecule has 0 radical (unpaired) electrons. The van der Waals surface area contributed by atoms with Crippen molar-refractivity contribution in [2.75, 3.05) is 19.0 Å². The van der Waals surface area contributed by atoms with Crippen molar-refractivity contribution >= 4 is 29.5 Å². The van der Waals surface area contributed by atoms with E-state index in [0.717, 1.165) is 5.56 Å². The van der Waals surface area contributed by atoms with Crippen LogP contribution in [0.2, 0.25) is 0 Å². The standard InChI is InChI=1S/C27H34N4O6/c1-16(2)12-21(26(34)36-4)30-25(33)22(13-18-8-6-5-7-9-18)31(17(3)32)23-15-37-24-11-10-19(14-20(23)24)29-27(28)35/h5-11,14,16,21-23H,12-13,15H2,1-4H3,(H,30,33)(H3,28,29,35)/t21-,22-,23?/m0/s1. The van der Waals surface area contributed by atoms with Gasteiger partial charge in [0.05, 0.1) is 13.2 Å². The van der Waals surface area contributed by atoms with E-state index in [2.05, 4.69) is 10.6 Å². The lowest BCUT2D eigenvalue weighted by molar-refractivity contribution is -0.148. The summed E-state index contributed by atoms with van der Waals surface area (Å²) in [6.07, 6.45) is 0.598. The molecule has 1 aliphatic heterocycles. The highest BCUT2D eigenvalue weighted by Crippen LogP contribution is 2.39. The van der Waals surface area contributed by atoms with Crippen LogP contribution in [0.5, 0.6) is 5.75 Å². The van der Waals surface area contributed by atoms with E-state index in [4.69, 9.17) is 15.2 Å². The summed E-state index contributed by atoms with van der Waals surface area (Å²) in [5.74, 6) is -0.713. The van der Waals surface area contributed by atoms with Gasteiger partial charge in [0.25, 0.3) is 0 Å².